The molecule has 0 aromatic heterocycles. The Hall–Kier alpha value is 0.520. The van der Waals surface area contributed by atoms with Crippen LogP contribution in [0.5, 0.6) is 0 Å². The Bertz CT molecular complexity index is 104. The van der Waals surface area contributed by atoms with Gasteiger partial charge >= 0.3 is 0 Å². The van der Waals surface area contributed by atoms with Crippen molar-refractivity contribution in [2.75, 3.05) is 6.61 Å². The third kappa shape index (κ3) is 5.32. The first kappa shape index (κ1) is 10.5. The van der Waals surface area contributed by atoms with Crippen LogP contribution >= 0.6 is 16.6 Å². The van der Waals surface area contributed by atoms with Crippen LogP contribution in [0, 0.1) is 0 Å². The molecule has 1 atom stereocenters. The summed E-state index contributed by atoms with van der Waals surface area (Å²) in [6, 6.07) is 0. The molecule has 1 N–H and O–H groups in total. The second-order valence-corrected chi connectivity index (χ2v) is 3.51. The quantitative estimate of drug-likeness (QED) is 0.520. The second-order valence-electron chi connectivity index (χ2n) is 2.53. The van der Waals surface area contributed by atoms with Gasteiger partial charge < -0.3 is 9.63 Å². The molecule has 0 bridgehead atoms. The highest BCUT2D eigenvalue weighted by Gasteiger charge is 2.16. The molecule has 0 aliphatic rings. The fourth-order valence-electron chi connectivity index (χ4n) is 0.488. The largest absolute Gasteiger partial charge is 0.390 e. The summed E-state index contributed by atoms with van der Waals surface area (Å²) in [5, 5.41) is 9.45. The molecule has 0 aliphatic heterocycles. The van der Waals surface area contributed by atoms with E-state index in [1.807, 2.05) is 13.8 Å². The molecule has 0 saturated carbocycles. The summed E-state index contributed by atoms with van der Waals surface area (Å²) in [5.41, 5.74) is -0.559. The Morgan fingerprint density at radius 2 is 2.30 bits per heavy atom. The van der Waals surface area contributed by atoms with Crippen LogP contribution in [-0.4, -0.2) is 17.3 Å². The summed E-state index contributed by atoms with van der Waals surface area (Å²) in [5.74, 6) is 0. The van der Waals surface area contributed by atoms with E-state index in [1.165, 1.54) is 0 Å². The van der Waals surface area contributed by atoms with Crippen molar-refractivity contribution in [3.05, 3.63) is 0 Å². The topological polar surface area (TPSA) is 29.5 Å². The smallest absolute Gasteiger partial charge is 0.0798 e. The van der Waals surface area contributed by atoms with Crippen molar-refractivity contribution in [3.8, 4) is 0 Å². The van der Waals surface area contributed by atoms with Crippen LogP contribution < -0.4 is 0 Å². The Morgan fingerprint density at radius 3 is 2.70 bits per heavy atom. The maximum Gasteiger partial charge on any atom is 0.0798 e. The van der Waals surface area contributed by atoms with Crippen LogP contribution in [0.25, 0.3) is 0 Å². The van der Waals surface area contributed by atoms with E-state index in [0.717, 1.165) is 14.5 Å². The number of hydrogen-bond donors (Lipinski definition) is 1. The van der Waals surface area contributed by atoms with E-state index in [0.29, 0.717) is 13.0 Å². The van der Waals surface area contributed by atoms with Crippen LogP contribution in [0.2, 0.25) is 0 Å². The molecule has 0 heterocycles. The second kappa shape index (κ2) is 5.21. The number of hydrogen-bond acceptors (Lipinski definition) is 2. The first-order chi connectivity index (χ1) is 4.62. The van der Waals surface area contributed by atoms with Crippen molar-refractivity contribution in [2.45, 2.75) is 32.3 Å². The van der Waals surface area contributed by atoms with Crippen molar-refractivity contribution >= 4 is 16.6 Å². The Morgan fingerprint density at radius 1 is 1.70 bits per heavy atom. The van der Waals surface area contributed by atoms with Crippen molar-refractivity contribution in [1.29, 1.82) is 0 Å². The van der Waals surface area contributed by atoms with Gasteiger partial charge in [-0.25, -0.2) is 0 Å². The molecule has 60 valence electrons. The maximum absolute atomic E-state index is 9.45. The van der Waals surface area contributed by atoms with Crippen LogP contribution in [0.4, 0.5) is 0 Å². The number of rotatable bonds is 5. The van der Waals surface area contributed by atoms with Gasteiger partial charge in [0.15, 0.2) is 0 Å². The molecular weight excluding hydrogens is 166 g/mol. The van der Waals surface area contributed by atoms with Crippen LogP contribution in [0.15, 0.2) is 0 Å². The zero-order valence-electron chi connectivity index (χ0n) is 6.42. The lowest BCUT2D eigenvalue weighted by molar-refractivity contribution is 0.0355. The molecule has 2 nitrogen and oxygen atoms in total. The molecular formula is C6H14O2P2. The van der Waals surface area contributed by atoms with Crippen molar-refractivity contribution in [3.63, 3.8) is 0 Å². The van der Waals surface area contributed by atoms with Gasteiger partial charge in [0.25, 0.3) is 0 Å². The average Bonchev–Trinajstić information content (AvgIpc) is 1.89. The van der Waals surface area contributed by atoms with Crippen molar-refractivity contribution in [2.24, 2.45) is 0 Å². The molecule has 4 heteroatoms. The molecule has 0 saturated heterocycles. The van der Waals surface area contributed by atoms with Crippen LogP contribution in [0.1, 0.15) is 26.7 Å². The predicted molar refractivity (Wildman–Crippen MR) is 46.7 cm³/mol. The van der Waals surface area contributed by atoms with E-state index in [9.17, 15) is 5.11 Å². The van der Waals surface area contributed by atoms with Gasteiger partial charge in [-0.1, -0.05) is 15.5 Å². The van der Waals surface area contributed by atoms with Gasteiger partial charge in [-0.3, -0.25) is 0 Å². The van der Waals surface area contributed by atoms with Gasteiger partial charge in [0.2, 0.25) is 0 Å². The minimum Gasteiger partial charge on any atom is -0.390 e. The summed E-state index contributed by atoms with van der Waals surface area (Å²) in [6.07, 6.45) is 1.47. The van der Waals surface area contributed by atoms with Gasteiger partial charge in [-0.2, -0.15) is 0 Å². The van der Waals surface area contributed by atoms with E-state index < -0.39 is 5.60 Å². The molecule has 0 aromatic carbocycles. The molecule has 0 aliphatic carbocycles. The Labute approximate surface area is 65.9 Å². The monoisotopic (exact) mass is 180 g/mol. The van der Waals surface area contributed by atoms with E-state index in [-0.39, 0.29) is 0 Å². The molecule has 1 unspecified atom stereocenters. The summed E-state index contributed by atoms with van der Waals surface area (Å²) >= 11 is 0. The standard InChI is InChI=1S/C6H14O2P2/c1-3-6(2,7)4-5-8-10-9/h7,9H,3-5H2,1-2H3. The summed E-state index contributed by atoms with van der Waals surface area (Å²) < 4.78 is 5.00. The zero-order chi connectivity index (χ0) is 8.04. The Balaban J connectivity index is 3.36. The first-order valence-electron chi connectivity index (χ1n) is 3.33. The first-order valence-corrected chi connectivity index (χ1v) is 5.49. The van der Waals surface area contributed by atoms with Crippen LogP contribution in [0.3, 0.4) is 0 Å². The highest BCUT2D eigenvalue weighted by molar-refractivity contribution is 7.71. The lowest BCUT2D eigenvalue weighted by Crippen LogP contribution is -2.23. The van der Waals surface area contributed by atoms with Crippen LogP contribution in [-0.2, 0) is 4.52 Å². The minimum absolute atomic E-state index is 0.559. The minimum atomic E-state index is -0.559. The normalized spacial score (nSPS) is 17.1. The van der Waals surface area contributed by atoms with E-state index in [1.54, 1.807) is 0 Å². The third-order valence-corrected chi connectivity index (χ3v) is 2.26. The van der Waals surface area contributed by atoms with Gasteiger partial charge in [0.05, 0.1) is 20.3 Å². The predicted octanol–water partition coefficient (Wildman–Crippen LogP) is 2.47. The van der Waals surface area contributed by atoms with E-state index >= 15 is 0 Å². The van der Waals surface area contributed by atoms with Gasteiger partial charge in [0, 0.05) is 6.42 Å². The fraction of sp³-hybridized carbons (Fsp3) is 1.00. The van der Waals surface area contributed by atoms with Gasteiger partial charge in [-0.05, 0) is 13.3 Å². The van der Waals surface area contributed by atoms with Crippen molar-refractivity contribution < 1.29 is 9.63 Å². The molecule has 0 aromatic rings. The van der Waals surface area contributed by atoms with Gasteiger partial charge in [0.1, 0.15) is 0 Å². The summed E-state index contributed by atoms with van der Waals surface area (Å²) in [4.78, 5) is 0. The summed E-state index contributed by atoms with van der Waals surface area (Å²) in [6.45, 7) is 4.39. The molecule has 0 radical (unpaired) electrons. The zero-order valence-corrected chi connectivity index (χ0v) is 8.32. The third-order valence-electron chi connectivity index (χ3n) is 1.56. The molecule has 10 heavy (non-hydrogen) atoms. The van der Waals surface area contributed by atoms with E-state index in [2.05, 4.69) is 8.53 Å². The van der Waals surface area contributed by atoms with Gasteiger partial charge in [-0.15, -0.1) is 0 Å². The number of aliphatic hydroxyl groups is 1. The molecule has 0 amide bonds. The average molecular weight is 180 g/mol. The molecule has 0 spiro atoms. The van der Waals surface area contributed by atoms with Crippen molar-refractivity contribution in [1.82, 2.24) is 0 Å². The van der Waals surface area contributed by atoms with E-state index in [4.69, 9.17) is 4.52 Å². The summed E-state index contributed by atoms with van der Waals surface area (Å²) in [7, 11) is 3.89. The highest BCUT2D eigenvalue weighted by Crippen LogP contribution is 2.15. The molecule has 0 fully saturated rings. The Kier molecular flexibility index (Phi) is 5.48. The highest BCUT2D eigenvalue weighted by atomic mass is 31.7. The lowest BCUT2D eigenvalue weighted by Gasteiger charge is -2.19. The maximum atomic E-state index is 9.45. The molecule has 0 rings (SSSR count). The lowest BCUT2D eigenvalue weighted by atomic mass is 10.0. The SMILES string of the molecule is CCC(C)(O)CCOP=P. The fourth-order valence-corrected chi connectivity index (χ4v) is 0.944.